The van der Waals surface area contributed by atoms with Crippen molar-refractivity contribution in [2.75, 3.05) is 29.8 Å². The number of rotatable bonds is 6. The Balaban J connectivity index is 1.89. The van der Waals surface area contributed by atoms with Gasteiger partial charge in [0.25, 0.3) is 10.0 Å². The zero-order chi connectivity index (χ0) is 20.3. The number of piperidine rings is 1. The number of ether oxygens (including phenoxy) is 1. The van der Waals surface area contributed by atoms with Crippen LogP contribution in [0, 0.1) is 5.92 Å². The van der Waals surface area contributed by atoms with Crippen molar-refractivity contribution in [1.29, 1.82) is 0 Å². The van der Waals surface area contributed by atoms with Crippen LogP contribution < -0.4 is 14.4 Å². The summed E-state index contributed by atoms with van der Waals surface area (Å²) in [5.41, 5.74) is 0.751. The van der Waals surface area contributed by atoms with Gasteiger partial charge < -0.3 is 14.7 Å². The molecule has 1 aliphatic heterocycles. The molecule has 1 unspecified atom stereocenters. The molecule has 0 aromatic heterocycles. The van der Waals surface area contributed by atoms with E-state index >= 15 is 0 Å². The molecule has 3 rings (SSSR count). The summed E-state index contributed by atoms with van der Waals surface area (Å²) in [6.45, 7) is 3.89. The molecule has 0 bridgehead atoms. The Hall–Kier alpha value is -2.74. The number of nitrogens with one attached hydrogen (secondary N) is 1. The van der Waals surface area contributed by atoms with Crippen molar-refractivity contribution in [2.45, 2.75) is 24.7 Å². The number of methoxy groups -OCH3 is 1. The number of anilines is 2. The van der Waals surface area contributed by atoms with Gasteiger partial charge >= 0.3 is 5.97 Å². The highest BCUT2D eigenvalue weighted by Gasteiger charge is 2.22. The fourth-order valence-electron chi connectivity index (χ4n) is 3.38. The molecule has 0 aliphatic carbocycles. The zero-order valence-corrected chi connectivity index (χ0v) is 16.7. The summed E-state index contributed by atoms with van der Waals surface area (Å²) in [6, 6.07) is 10.7. The number of nitrogens with zero attached hydrogens (tertiary/aromatic N) is 1. The van der Waals surface area contributed by atoms with Crippen LogP contribution in [0.4, 0.5) is 11.4 Å². The van der Waals surface area contributed by atoms with E-state index in [0.29, 0.717) is 11.7 Å². The van der Waals surface area contributed by atoms with Crippen LogP contribution in [0.2, 0.25) is 0 Å². The van der Waals surface area contributed by atoms with E-state index in [1.807, 2.05) is 0 Å². The van der Waals surface area contributed by atoms with E-state index in [1.54, 1.807) is 6.07 Å². The molecule has 7 nitrogen and oxygen atoms in total. The van der Waals surface area contributed by atoms with Crippen molar-refractivity contribution < 1.29 is 23.1 Å². The van der Waals surface area contributed by atoms with Gasteiger partial charge in [0.1, 0.15) is 5.75 Å². The normalized spacial score (nSPS) is 17.2. The van der Waals surface area contributed by atoms with Gasteiger partial charge in [0, 0.05) is 18.8 Å². The minimum Gasteiger partial charge on any atom is -0.497 e. The van der Waals surface area contributed by atoms with Crippen molar-refractivity contribution in [1.82, 2.24) is 0 Å². The molecular weight excluding hydrogens is 380 g/mol. The second-order valence-corrected chi connectivity index (χ2v) is 8.69. The second kappa shape index (κ2) is 8.10. The summed E-state index contributed by atoms with van der Waals surface area (Å²) in [6.07, 6.45) is 2.21. The molecule has 1 atom stereocenters. The molecule has 1 heterocycles. The highest BCUT2D eigenvalue weighted by molar-refractivity contribution is 7.92. The molecular formula is C20H24N2O5S. The SMILES string of the molecule is COc1ccc(S(=O)(=O)Nc2ccc(N3CCCC(C)C3)cc2C(=O)O)cc1. The Bertz CT molecular complexity index is 957. The molecule has 0 radical (unpaired) electrons. The number of carboxylic acid groups (broad SMARTS) is 1. The number of aromatic carboxylic acids is 1. The lowest BCUT2D eigenvalue weighted by atomic mass is 9.99. The van der Waals surface area contributed by atoms with Crippen LogP contribution in [0.3, 0.4) is 0 Å². The number of carboxylic acids is 1. The van der Waals surface area contributed by atoms with Gasteiger partial charge in [0.2, 0.25) is 0 Å². The third kappa shape index (κ3) is 4.39. The van der Waals surface area contributed by atoms with Gasteiger partial charge in [-0.2, -0.15) is 0 Å². The molecule has 0 amide bonds. The average Bonchev–Trinajstić information content (AvgIpc) is 2.68. The van der Waals surface area contributed by atoms with Crippen molar-refractivity contribution in [3.8, 4) is 5.75 Å². The van der Waals surface area contributed by atoms with Crippen LogP contribution in [0.15, 0.2) is 47.4 Å². The molecule has 2 aromatic carbocycles. The molecule has 150 valence electrons. The third-order valence-electron chi connectivity index (χ3n) is 4.87. The third-order valence-corrected chi connectivity index (χ3v) is 6.25. The van der Waals surface area contributed by atoms with Crippen LogP contribution in [0.1, 0.15) is 30.1 Å². The minimum absolute atomic E-state index is 0.0265. The molecule has 0 spiro atoms. The Morgan fingerprint density at radius 2 is 1.93 bits per heavy atom. The molecule has 2 N–H and O–H groups in total. The number of carbonyl (C=O) groups is 1. The number of hydrogen-bond donors (Lipinski definition) is 2. The Morgan fingerprint density at radius 1 is 1.21 bits per heavy atom. The Kier molecular flexibility index (Phi) is 5.79. The molecule has 1 aliphatic rings. The number of hydrogen-bond acceptors (Lipinski definition) is 5. The maximum Gasteiger partial charge on any atom is 0.337 e. The lowest BCUT2D eigenvalue weighted by molar-refractivity contribution is 0.0698. The lowest BCUT2D eigenvalue weighted by Crippen LogP contribution is -2.34. The summed E-state index contributed by atoms with van der Waals surface area (Å²) >= 11 is 0. The first-order valence-electron chi connectivity index (χ1n) is 9.09. The molecule has 2 aromatic rings. The van der Waals surface area contributed by atoms with Crippen molar-refractivity contribution in [3.63, 3.8) is 0 Å². The van der Waals surface area contributed by atoms with Gasteiger partial charge in [-0.3, -0.25) is 4.72 Å². The van der Waals surface area contributed by atoms with E-state index in [9.17, 15) is 18.3 Å². The van der Waals surface area contributed by atoms with Crippen LogP contribution in [-0.2, 0) is 10.0 Å². The first kappa shape index (κ1) is 20.0. The minimum atomic E-state index is -3.92. The first-order valence-corrected chi connectivity index (χ1v) is 10.6. The van der Waals surface area contributed by atoms with Gasteiger partial charge in [-0.1, -0.05) is 6.92 Å². The largest absolute Gasteiger partial charge is 0.497 e. The van der Waals surface area contributed by atoms with Gasteiger partial charge in [0.15, 0.2) is 0 Å². The first-order chi connectivity index (χ1) is 13.3. The molecule has 0 saturated carbocycles. The highest BCUT2D eigenvalue weighted by Crippen LogP contribution is 2.29. The van der Waals surface area contributed by atoms with Crippen molar-refractivity contribution in [2.24, 2.45) is 5.92 Å². The summed E-state index contributed by atoms with van der Waals surface area (Å²) in [5.74, 6) is -0.111. The second-order valence-electron chi connectivity index (χ2n) is 7.01. The average molecular weight is 404 g/mol. The van der Waals surface area contributed by atoms with Gasteiger partial charge in [-0.25, -0.2) is 13.2 Å². The van der Waals surface area contributed by atoms with Crippen molar-refractivity contribution in [3.05, 3.63) is 48.0 Å². The zero-order valence-electron chi connectivity index (χ0n) is 15.9. The Morgan fingerprint density at radius 3 is 2.54 bits per heavy atom. The summed E-state index contributed by atoms with van der Waals surface area (Å²) < 4.78 is 32.7. The maximum absolute atomic E-state index is 12.7. The molecule has 1 saturated heterocycles. The van der Waals surface area contributed by atoms with Crippen LogP contribution in [-0.4, -0.2) is 39.7 Å². The quantitative estimate of drug-likeness (QED) is 0.766. The molecule has 1 fully saturated rings. The summed E-state index contributed by atoms with van der Waals surface area (Å²) in [4.78, 5) is 13.9. The van der Waals surface area contributed by atoms with E-state index < -0.39 is 16.0 Å². The lowest BCUT2D eigenvalue weighted by Gasteiger charge is -2.33. The van der Waals surface area contributed by atoms with E-state index in [4.69, 9.17) is 4.74 Å². The van der Waals surface area contributed by atoms with Crippen LogP contribution >= 0.6 is 0 Å². The standard InChI is InChI=1S/C20H24N2O5S/c1-14-4-3-11-22(13-14)15-5-10-19(18(12-15)20(23)24)21-28(25,26)17-8-6-16(27-2)7-9-17/h5-10,12,14,21H,3-4,11,13H2,1-2H3,(H,23,24). The molecule has 8 heteroatoms. The number of benzene rings is 2. The fourth-order valence-corrected chi connectivity index (χ4v) is 4.46. The molecule has 28 heavy (non-hydrogen) atoms. The smallest absolute Gasteiger partial charge is 0.337 e. The summed E-state index contributed by atoms with van der Waals surface area (Å²) in [7, 11) is -2.43. The monoisotopic (exact) mass is 404 g/mol. The predicted octanol–water partition coefficient (Wildman–Crippen LogP) is 3.43. The van der Waals surface area contributed by atoms with Gasteiger partial charge in [0.05, 0.1) is 23.3 Å². The van der Waals surface area contributed by atoms with Crippen LogP contribution in [0.25, 0.3) is 0 Å². The fraction of sp³-hybridized carbons (Fsp3) is 0.350. The van der Waals surface area contributed by atoms with Crippen LogP contribution in [0.5, 0.6) is 5.75 Å². The van der Waals surface area contributed by atoms with E-state index in [-0.39, 0.29) is 16.1 Å². The van der Waals surface area contributed by atoms with E-state index in [0.717, 1.165) is 31.6 Å². The van der Waals surface area contributed by atoms with E-state index in [1.165, 1.54) is 43.5 Å². The Labute approximate surface area is 165 Å². The highest BCUT2D eigenvalue weighted by atomic mass is 32.2. The van der Waals surface area contributed by atoms with E-state index in [2.05, 4.69) is 16.5 Å². The maximum atomic E-state index is 12.7. The van der Waals surface area contributed by atoms with Gasteiger partial charge in [-0.05, 0) is 61.2 Å². The van der Waals surface area contributed by atoms with Crippen molar-refractivity contribution >= 4 is 27.4 Å². The number of sulfonamides is 1. The summed E-state index contributed by atoms with van der Waals surface area (Å²) in [5, 5.41) is 9.61. The predicted molar refractivity (Wildman–Crippen MR) is 108 cm³/mol. The topological polar surface area (TPSA) is 95.9 Å². The van der Waals surface area contributed by atoms with Gasteiger partial charge in [-0.15, -0.1) is 0 Å².